The van der Waals surface area contributed by atoms with Crippen LogP contribution in [0, 0.1) is 5.92 Å². The Morgan fingerprint density at radius 1 is 1.24 bits per heavy atom. The Morgan fingerprint density at radius 2 is 1.96 bits per heavy atom. The van der Waals surface area contributed by atoms with E-state index in [4.69, 9.17) is 9.47 Å². The highest BCUT2D eigenvalue weighted by molar-refractivity contribution is 5.79. The first-order chi connectivity index (χ1) is 12.0. The molecule has 2 heterocycles. The van der Waals surface area contributed by atoms with Crippen LogP contribution in [0.2, 0.25) is 0 Å². The molecular formula is C19H26N2O4. The molecule has 1 aromatic carbocycles. The van der Waals surface area contributed by atoms with Gasteiger partial charge in [0.1, 0.15) is 5.75 Å². The number of anilines is 1. The molecule has 0 unspecified atom stereocenters. The zero-order valence-electron chi connectivity index (χ0n) is 14.9. The van der Waals surface area contributed by atoms with E-state index in [1.54, 1.807) is 0 Å². The Morgan fingerprint density at radius 3 is 2.60 bits per heavy atom. The van der Waals surface area contributed by atoms with E-state index < -0.39 is 0 Å². The molecule has 1 atom stereocenters. The lowest BCUT2D eigenvalue weighted by Crippen LogP contribution is -2.49. The number of hydrogen-bond acceptors (Lipinski definition) is 5. The van der Waals surface area contributed by atoms with Crippen LogP contribution >= 0.6 is 0 Å². The summed E-state index contributed by atoms with van der Waals surface area (Å²) in [5, 5.41) is 0. The number of ether oxygens (including phenoxy) is 2. The summed E-state index contributed by atoms with van der Waals surface area (Å²) < 4.78 is 10.8. The van der Waals surface area contributed by atoms with Gasteiger partial charge in [-0.3, -0.25) is 9.59 Å². The topological polar surface area (TPSA) is 59.1 Å². The molecule has 0 saturated carbocycles. The van der Waals surface area contributed by atoms with E-state index in [0.29, 0.717) is 32.5 Å². The van der Waals surface area contributed by atoms with Crippen molar-refractivity contribution in [3.8, 4) is 5.75 Å². The lowest BCUT2D eigenvalue weighted by Gasteiger charge is -2.37. The summed E-state index contributed by atoms with van der Waals surface area (Å²) >= 11 is 0. The van der Waals surface area contributed by atoms with Crippen LogP contribution in [0.4, 0.5) is 5.69 Å². The van der Waals surface area contributed by atoms with Gasteiger partial charge in [-0.2, -0.15) is 0 Å². The molecule has 6 heteroatoms. The Bertz CT molecular complexity index is 624. The molecule has 2 saturated heterocycles. The summed E-state index contributed by atoms with van der Waals surface area (Å²) in [5.41, 5.74) is 1.08. The van der Waals surface area contributed by atoms with E-state index in [-0.39, 0.29) is 23.9 Å². The van der Waals surface area contributed by atoms with Crippen LogP contribution in [0.25, 0.3) is 0 Å². The van der Waals surface area contributed by atoms with Crippen molar-refractivity contribution in [1.82, 2.24) is 4.90 Å². The molecular weight excluding hydrogens is 320 g/mol. The fourth-order valence-electron chi connectivity index (χ4n) is 3.34. The summed E-state index contributed by atoms with van der Waals surface area (Å²) in [6.45, 7) is 7.36. The normalized spacial score (nSPS) is 20.8. The van der Waals surface area contributed by atoms with Crippen LogP contribution in [0.15, 0.2) is 24.3 Å². The first kappa shape index (κ1) is 17.6. The number of para-hydroxylation sites is 2. The fraction of sp³-hybridized carbons (Fsp3) is 0.579. The van der Waals surface area contributed by atoms with Crippen LogP contribution in [0.3, 0.4) is 0 Å². The highest BCUT2D eigenvalue weighted by Crippen LogP contribution is 2.30. The molecule has 0 spiro atoms. The second-order valence-corrected chi connectivity index (χ2v) is 6.96. The number of hydrogen-bond donors (Lipinski definition) is 0. The van der Waals surface area contributed by atoms with Crippen LogP contribution in [0.1, 0.15) is 26.7 Å². The van der Waals surface area contributed by atoms with Gasteiger partial charge in [-0.15, -0.1) is 0 Å². The van der Waals surface area contributed by atoms with Crippen LogP contribution in [-0.4, -0.2) is 55.7 Å². The van der Waals surface area contributed by atoms with E-state index in [2.05, 4.69) is 11.0 Å². The number of benzene rings is 1. The van der Waals surface area contributed by atoms with Crippen LogP contribution in [0.5, 0.6) is 5.75 Å². The maximum atomic E-state index is 12.4. The summed E-state index contributed by atoms with van der Waals surface area (Å²) in [5.74, 6) is 0.858. The van der Waals surface area contributed by atoms with Crippen molar-refractivity contribution in [3.63, 3.8) is 0 Å². The predicted octanol–water partition coefficient (Wildman–Crippen LogP) is 2.08. The fourth-order valence-corrected chi connectivity index (χ4v) is 3.34. The molecule has 0 aliphatic carbocycles. The predicted molar refractivity (Wildman–Crippen MR) is 94.7 cm³/mol. The van der Waals surface area contributed by atoms with Crippen molar-refractivity contribution < 1.29 is 19.1 Å². The number of esters is 1. The Balaban J connectivity index is 1.55. The molecule has 0 radical (unpaired) electrons. The second-order valence-electron chi connectivity index (χ2n) is 6.96. The zero-order valence-corrected chi connectivity index (χ0v) is 14.9. The third-order valence-electron chi connectivity index (χ3n) is 4.60. The van der Waals surface area contributed by atoms with E-state index in [9.17, 15) is 9.59 Å². The number of piperazine rings is 1. The van der Waals surface area contributed by atoms with Gasteiger partial charge in [-0.1, -0.05) is 12.1 Å². The van der Waals surface area contributed by atoms with Gasteiger partial charge in [-0.25, -0.2) is 0 Å². The highest BCUT2D eigenvalue weighted by atomic mass is 16.5. The number of nitrogens with zero attached hydrogens (tertiary/aromatic N) is 2. The van der Waals surface area contributed by atoms with Gasteiger partial charge in [0.15, 0.2) is 0 Å². The van der Waals surface area contributed by atoms with Gasteiger partial charge in [-0.05, 0) is 26.0 Å². The minimum absolute atomic E-state index is 0.0400. The standard InChI is InChI=1S/C19H26N2O4/c1-14(2)25-17-6-4-3-5-16(17)20-7-9-21(10-8-20)18(22)11-15-12-19(23)24-13-15/h3-6,14-15H,7-13H2,1-2H3/t15-/m1/s1. The minimum Gasteiger partial charge on any atom is -0.489 e. The molecule has 25 heavy (non-hydrogen) atoms. The Labute approximate surface area is 148 Å². The van der Waals surface area contributed by atoms with Gasteiger partial charge >= 0.3 is 5.97 Å². The smallest absolute Gasteiger partial charge is 0.306 e. The third kappa shape index (κ3) is 4.44. The van der Waals surface area contributed by atoms with E-state index >= 15 is 0 Å². The molecule has 0 bridgehead atoms. The molecule has 136 valence electrons. The summed E-state index contributed by atoms with van der Waals surface area (Å²) in [6.07, 6.45) is 0.894. The van der Waals surface area contributed by atoms with Crippen molar-refractivity contribution in [2.75, 3.05) is 37.7 Å². The summed E-state index contributed by atoms with van der Waals surface area (Å²) in [6, 6.07) is 8.05. The van der Waals surface area contributed by atoms with Crippen molar-refractivity contribution >= 4 is 17.6 Å². The maximum Gasteiger partial charge on any atom is 0.306 e. The monoisotopic (exact) mass is 346 g/mol. The SMILES string of the molecule is CC(C)Oc1ccccc1N1CCN(C(=O)C[C@H]2COC(=O)C2)CC1. The molecule has 2 aliphatic rings. The Kier molecular flexibility index (Phi) is 5.46. The van der Waals surface area contributed by atoms with E-state index in [1.807, 2.05) is 36.9 Å². The number of rotatable bonds is 5. The van der Waals surface area contributed by atoms with E-state index in [0.717, 1.165) is 24.5 Å². The first-order valence-electron chi connectivity index (χ1n) is 8.97. The van der Waals surface area contributed by atoms with Gasteiger partial charge in [0.25, 0.3) is 0 Å². The van der Waals surface area contributed by atoms with Gasteiger partial charge in [0.05, 0.1) is 24.8 Å². The lowest BCUT2D eigenvalue weighted by molar-refractivity contribution is -0.138. The van der Waals surface area contributed by atoms with Gasteiger partial charge in [0, 0.05) is 38.5 Å². The van der Waals surface area contributed by atoms with Crippen molar-refractivity contribution in [3.05, 3.63) is 24.3 Å². The zero-order chi connectivity index (χ0) is 17.8. The number of carbonyl (C=O) groups is 2. The molecule has 2 fully saturated rings. The number of carbonyl (C=O) groups excluding carboxylic acids is 2. The van der Waals surface area contributed by atoms with E-state index in [1.165, 1.54) is 0 Å². The third-order valence-corrected chi connectivity index (χ3v) is 4.60. The quantitative estimate of drug-likeness (QED) is 0.764. The number of amides is 1. The maximum absolute atomic E-state index is 12.4. The number of cyclic esters (lactones) is 1. The van der Waals surface area contributed by atoms with Crippen LogP contribution < -0.4 is 9.64 Å². The average molecular weight is 346 g/mol. The van der Waals surface area contributed by atoms with Gasteiger partial charge in [0.2, 0.25) is 5.91 Å². The summed E-state index contributed by atoms with van der Waals surface area (Å²) in [4.78, 5) is 27.7. The Hall–Kier alpha value is -2.24. The van der Waals surface area contributed by atoms with Crippen molar-refractivity contribution in [2.24, 2.45) is 5.92 Å². The molecule has 1 amide bonds. The average Bonchev–Trinajstić information content (AvgIpc) is 3.00. The highest BCUT2D eigenvalue weighted by Gasteiger charge is 2.29. The van der Waals surface area contributed by atoms with Crippen molar-refractivity contribution in [2.45, 2.75) is 32.8 Å². The lowest BCUT2D eigenvalue weighted by atomic mass is 10.0. The molecule has 3 rings (SSSR count). The molecule has 0 N–H and O–H groups in total. The van der Waals surface area contributed by atoms with Crippen molar-refractivity contribution in [1.29, 1.82) is 0 Å². The summed E-state index contributed by atoms with van der Waals surface area (Å²) in [7, 11) is 0. The molecule has 0 aromatic heterocycles. The first-order valence-corrected chi connectivity index (χ1v) is 8.97. The second kappa shape index (κ2) is 7.76. The molecule has 6 nitrogen and oxygen atoms in total. The molecule has 1 aromatic rings. The van der Waals surface area contributed by atoms with Gasteiger partial charge < -0.3 is 19.3 Å². The molecule has 2 aliphatic heterocycles. The minimum atomic E-state index is -0.190. The largest absolute Gasteiger partial charge is 0.489 e. The van der Waals surface area contributed by atoms with Crippen LogP contribution in [-0.2, 0) is 14.3 Å².